The van der Waals surface area contributed by atoms with E-state index >= 15 is 0 Å². The summed E-state index contributed by atoms with van der Waals surface area (Å²) in [6.45, 7) is 4.38. The van der Waals surface area contributed by atoms with E-state index in [1.54, 1.807) is 12.1 Å². The summed E-state index contributed by atoms with van der Waals surface area (Å²) < 4.78 is 11.2. The van der Waals surface area contributed by atoms with Gasteiger partial charge in [0.15, 0.2) is 11.5 Å². The van der Waals surface area contributed by atoms with Gasteiger partial charge in [-0.25, -0.2) is 0 Å². The number of piperidine rings is 1. The van der Waals surface area contributed by atoms with Crippen molar-refractivity contribution in [3.8, 4) is 11.5 Å². The van der Waals surface area contributed by atoms with Gasteiger partial charge in [0.25, 0.3) is 5.91 Å². The van der Waals surface area contributed by atoms with Crippen molar-refractivity contribution >= 4 is 5.91 Å². The first kappa shape index (κ1) is 14.2. The van der Waals surface area contributed by atoms with Gasteiger partial charge in [0.05, 0.1) is 13.2 Å². The Kier molecular flexibility index (Phi) is 4.29. The highest BCUT2D eigenvalue weighted by atomic mass is 16.5. The molecule has 2 aliphatic heterocycles. The Bertz CT molecular complexity index is 518. The van der Waals surface area contributed by atoms with E-state index in [4.69, 9.17) is 9.47 Å². The number of benzene rings is 1. The Balaban J connectivity index is 1.68. The lowest BCUT2D eigenvalue weighted by atomic mass is 10.0. The van der Waals surface area contributed by atoms with Crippen LogP contribution in [0.3, 0.4) is 0 Å². The molecule has 5 heteroatoms. The lowest BCUT2D eigenvalue weighted by Gasteiger charge is -2.28. The van der Waals surface area contributed by atoms with Crippen LogP contribution in [-0.4, -0.2) is 37.7 Å². The molecule has 5 nitrogen and oxygen atoms in total. The minimum atomic E-state index is -0.0373. The molecule has 2 N–H and O–H groups in total. The molecule has 2 heterocycles. The first-order valence-corrected chi connectivity index (χ1v) is 7.66. The number of carbonyl (C=O) groups is 1. The largest absolute Gasteiger partial charge is 0.490 e. The maximum absolute atomic E-state index is 12.4. The Hall–Kier alpha value is -1.75. The Morgan fingerprint density at radius 1 is 1.29 bits per heavy atom. The van der Waals surface area contributed by atoms with Crippen molar-refractivity contribution in [2.45, 2.75) is 38.3 Å². The molecule has 0 aromatic heterocycles. The minimum absolute atomic E-state index is 0.0373. The average Bonchev–Trinajstić information content (AvgIpc) is 2.71. The van der Waals surface area contributed by atoms with Gasteiger partial charge in [-0.05, 0) is 44.5 Å². The molecule has 1 saturated heterocycles. The Labute approximate surface area is 125 Å². The summed E-state index contributed by atoms with van der Waals surface area (Å²) in [5.41, 5.74) is 0.630. The average molecular weight is 290 g/mol. The molecule has 3 rings (SSSR count). The van der Waals surface area contributed by atoms with Crippen LogP contribution in [0.2, 0.25) is 0 Å². The van der Waals surface area contributed by atoms with E-state index in [0.717, 1.165) is 31.6 Å². The van der Waals surface area contributed by atoms with E-state index in [2.05, 4.69) is 17.6 Å². The molecule has 1 aromatic carbocycles. The summed E-state index contributed by atoms with van der Waals surface area (Å²) in [6, 6.07) is 6.09. The van der Waals surface area contributed by atoms with Crippen LogP contribution in [0.1, 0.15) is 36.5 Å². The van der Waals surface area contributed by atoms with Crippen LogP contribution < -0.4 is 20.1 Å². The zero-order valence-corrected chi connectivity index (χ0v) is 12.4. The number of amides is 1. The molecule has 0 aliphatic carbocycles. The lowest BCUT2D eigenvalue weighted by Crippen LogP contribution is -2.46. The molecule has 2 atom stereocenters. The van der Waals surface area contributed by atoms with Gasteiger partial charge in [-0.1, -0.05) is 0 Å². The van der Waals surface area contributed by atoms with E-state index in [-0.39, 0.29) is 11.9 Å². The summed E-state index contributed by atoms with van der Waals surface area (Å²) in [6.07, 6.45) is 2.81. The molecule has 0 radical (unpaired) electrons. The van der Waals surface area contributed by atoms with Crippen molar-refractivity contribution in [1.82, 2.24) is 10.6 Å². The van der Waals surface area contributed by atoms with Gasteiger partial charge >= 0.3 is 0 Å². The summed E-state index contributed by atoms with van der Waals surface area (Å²) in [5.74, 6) is 1.35. The first-order chi connectivity index (χ1) is 10.2. The molecule has 1 aromatic rings. The Morgan fingerprint density at radius 3 is 2.90 bits per heavy atom. The zero-order valence-electron chi connectivity index (χ0n) is 12.4. The summed E-state index contributed by atoms with van der Waals surface area (Å²) in [7, 11) is 0. The molecular formula is C16H22N2O3. The molecule has 21 heavy (non-hydrogen) atoms. The van der Waals surface area contributed by atoms with Gasteiger partial charge in [-0.15, -0.1) is 0 Å². The molecule has 0 saturated carbocycles. The van der Waals surface area contributed by atoms with Crippen LogP contribution in [0.25, 0.3) is 0 Å². The predicted molar refractivity (Wildman–Crippen MR) is 80.0 cm³/mol. The third kappa shape index (κ3) is 3.47. The van der Waals surface area contributed by atoms with Gasteiger partial charge < -0.3 is 20.1 Å². The predicted octanol–water partition coefficient (Wildman–Crippen LogP) is 1.72. The fraction of sp³-hybridized carbons (Fsp3) is 0.562. The second-order valence-corrected chi connectivity index (χ2v) is 5.76. The number of rotatable bonds is 2. The monoisotopic (exact) mass is 290 g/mol. The van der Waals surface area contributed by atoms with E-state index in [9.17, 15) is 4.79 Å². The summed E-state index contributed by atoms with van der Waals surface area (Å²) >= 11 is 0. The van der Waals surface area contributed by atoms with Crippen LogP contribution in [0, 0.1) is 0 Å². The maximum atomic E-state index is 12.4. The van der Waals surface area contributed by atoms with E-state index in [1.807, 2.05) is 6.07 Å². The number of ether oxygens (including phenoxy) is 2. The quantitative estimate of drug-likeness (QED) is 0.870. The van der Waals surface area contributed by atoms with Crippen LogP contribution in [0.15, 0.2) is 18.2 Å². The van der Waals surface area contributed by atoms with Crippen LogP contribution in [0.5, 0.6) is 11.5 Å². The molecule has 2 aliphatic rings. The van der Waals surface area contributed by atoms with Crippen molar-refractivity contribution in [2.75, 3.05) is 19.8 Å². The van der Waals surface area contributed by atoms with Gasteiger partial charge in [0.1, 0.15) is 0 Å². The van der Waals surface area contributed by atoms with Crippen LogP contribution >= 0.6 is 0 Å². The fourth-order valence-corrected chi connectivity index (χ4v) is 2.84. The van der Waals surface area contributed by atoms with Crippen molar-refractivity contribution < 1.29 is 14.3 Å². The Morgan fingerprint density at radius 2 is 2.10 bits per heavy atom. The van der Waals surface area contributed by atoms with E-state index in [1.165, 1.54) is 0 Å². The van der Waals surface area contributed by atoms with Gasteiger partial charge in [-0.3, -0.25) is 4.79 Å². The molecule has 0 bridgehead atoms. The van der Waals surface area contributed by atoms with Crippen molar-refractivity contribution in [1.29, 1.82) is 0 Å². The van der Waals surface area contributed by atoms with Crippen molar-refractivity contribution in [2.24, 2.45) is 0 Å². The molecule has 1 amide bonds. The number of hydrogen-bond acceptors (Lipinski definition) is 4. The zero-order chi connectivity index (χ0) is 14.7. The minimum Gasteiger partial charge on any atom is -0.490 e. The third-order valence-electron chi connectivity index (χ3n) is 3.97. The first-order valence-electron chi connectivity index (χ1n) is 7.66. The SMILES string of the molecule is CC1CC(NC(=O)c2ccc3c(c2)OCCCO3)CCN1. The normalized spacial score (nSPS) is 25.0. The lowest BCUT2D eigenvalue weighted by molar-refractivity contribution is 0.0925. The highest BCUT2D eigenvalue weighted by Gasteiger charge is 2.21. The second kappa shape index (κ2) is 6.35. The topological polar surface area (TPSA) is 59.6 Å². The summed E-state index contributed by atoms with van der Waals surface area (Å²) in [4.78, 5) is 12.4. The van der Waals surface area contributed by atoms with E-state index < -0.39 is 0 Å². The number of carbonyl (C=O) groups excluding carboxylic acids is 1. The highest BCUT2D eigenvalue weighted by Crippen LogP contribution is 2.30. The maximum Gasteiger partial charge on any atom is 0.251 e. The van der Waals surface area contributed by atoms with Crippen LogP contribution in [0.4, 0.5) is 0 Å². The van der Waals surface area contributed by atoms with Crippen LogP contribution in [-0.2, 0) is 0 Å². The molecular weight excluding hydrogens is 268 g/mol. The molecule has 2 unspecified atom stereocenters. The van der Waals surface area contributed by atoms with Crippen molar-refractivity contribution in [3.05, 3.63) is 23.8 Å². The highest BCUT2D eigenvalue weighted by molar-refractivity contribution is 5.95. The third-order valence-corrected chi connectivity index (χ3v) is 3.97. The number of hydrogen-bond donors (Lipinski definition) is 2. The molecule has 0 spiro atoms. The molecule has 114 valence electrons. The number of fused-ring (bicyclic) bond motifs is 1. The number of nitrogens with one attached hydrogen (secondary N) is 2. The molecule has 1 fully saturated rings. The second-order valence-electron chi connectivity index (χ2n) is 5.76. The van der Waals surface area contributed by atoms with E-state index in [0.29, 0.717) is 30.6 Å². The van der Waals surface area contributed by atoms with Crippen molar-refractivity contribution in [3.63, 3.8) is 0 Å². The van der Waals surface area contributed by atoms with Gasteiger partial charge in [0, 0.05) is 24.1 Å². The smallest absolute Gasteiger partial charge is 0.251 e. The summed E-state index contributed by atoms with van der Waals surface area (Å²) in [5, 5.41) is 6.50. The van der Waals surface area contributed by atoms with Gasteiger partial charge in [0.2, 0.25) is 0 Å². The fourth-order valence-electron chi connectivity index (χ4n) is 2.84. The standard InChI is InChI=1S/C16H22N2O3/c1-11-9-13(5-6-17-11)18-16(19)12-3-4-14-15(10-12)21-8-2-7-20-14/h3-4,10-11,13,17H,2,5-9H2,1H3,(H,18,19). The van der Waals surface area contributed by atoms with Gasteiger partial charge in [-0.2, -0.15) is 0 Å².